The van der Waals surface area contributed by atoms with E-state index in [1.54, 1.807) is 13.0 Å². The number of ketones is 2. The molecule has 0 bridgehead atoms. The molecule has 0 amide bonds. The van der Waals surface area contributed by atoms with Crippen molar-refractivity contribution in [1.29, 1.82) is 0 Å². The van der Waals surface area contributed by atoms with Gasteiger partial charge >= 0.3 is 0 Å². The lowest BCUT2D eigenvalue weighted by Gasteiger charge is -2.35. The fourth-order valence-corrected chi connectivity index (χ4v) is 3.54. The van der Waals surface area contributed by atoms with Gasteiger partial charge in [-0.2, -0.15) is 0 Å². The van der Waals surface area contributed by atoms with E-state index in [0.717, 1.165) is 0 Å². The topological polar surface area (TPSA) is 63.6 Å². The van der Waals surface area contributed by atoms with Gasteiger partial charge in [0, 0.05) is 11.5 Å². The Kier molecular flexibility index (Phi) is 1.97. The summed E-state index contributed by atoms with van der Waals surface area (Å²) in [5.74, 6) is -2.72. The molecule has 0 aromatic rings. The first-order valence-corrected chi connectivity index (χ1v) is 6.16. The van der Waals surface area contributed by atoms with E-state index in [1.165, 1.54) is 12.2 Å². The predicted molar refractivity (Wildman–Crippen MR) is 63.6 cm³/mol. The standard InChI is InChI=1S/C14H16O4/c1-4-5-8-6-10(15)13-7-9(13)12(2,3)18-14(13,17)11(8)16/h4-6,9,17H,7H2,1-3H3. The van der Waals surface area contributed by atoms with Crippen molar-refractivity contribution in [2.75, 3.05) is 0 Å². The molecule has 1 saturated carbocycles. The van der Waals surface area contributed by atoms with Gasteiger partial charge in [0.2, 0.25) is 11.6 Å². The highest BCUT2D eigenvalue weighted by Crippen LogP contribution is 2.73. The second kappa shape index (κ2) is 3.00. The van der Waals surface area contributed by atoms with Gasteiger partial charge in [-0.15, -0.1) is 0 Å². The van der Waals surface area contributed by atoms with Crippen LogP contribution < -0.4 is 0 Å². The van der Waals surface area contributed by atoms with Gasteiger partial charge in [0.15, 0.2) is 5.78 Å². The Bertz CT molecular complexity index is 528. The molecule has 0 aromatic carbocycles. The maximum absolute atomic E-state index is 12.3. The van der Waals surface area contributed by atoms with Crippen molar-refractivity contribution in [1.82, 2.24) is 0 Å². The minimum Gasteiger partial charge on any atom is -0.358 e. The average molecular weight is 248 g/mol. The summed E-state index contributed by atoms with van der Waals surface area (Å²) in [7, 11) is 0. The number of aliphatic hydroxyl groups is 1. The summed E-state index contributed by atoms with van der Waals surface area (Å²) in [6.45, 7) is 5.39. The van der Waals surface area contributed by atoms with E-state index in [-0.39, 0.29) is 17.3 Å². The number of Topliss-reactive ketones (excluding diaryl/α,β-unsaturated/α-hetero) is 1. The maximum Gasteiger partial charge on any atom is 0.245 e. The van der Waals surface area contributed by atoms with E-state index in [2.05, 4.69) is 0 Å². The van der Waals surface area contributed by atoms with E-state index in [9.17, 15) is 14.7 Å². The summed E-state index contributed by atoms with van der Waals surface area (Å²) >= 11 is 0. The van der Waals surface area contributed by atoms with E-state index < -0.39 is 22.6 Å². The molecular weight excluding hydrogens is 232 g/mol. The van der Waals surface area contributed by atoms with Crippen LogP contribution in [0.4, 0.5) is 0 Å². The Labute approximate surface area is 105 Å². The highest BCUT2D eigenvalue weighted by atomic mass is 16.7. The number of ether oxygens (including phenoxy) is 1. The van der Waals surface area contributed by atoms with Gasteiger partial charge in [-0.1, -0.05) is 12.2 Å². The molecule has 1 saturated heterocycles. The van der Waals surface area contributed by atoms with Gasteiger partial charge in [0.05, 0.1) is 5.60 Å². The molecule has 1 heterocycles. The van der Waals surface area contributed by atoms with E-state index in [4.69, 9.17) is 4.74 Å². The largest absolute Gasteiger partial charge is 0.358 e. The maximum atomic E-state index is 12.3. The van der Waals surface area contributed by atoms with Crippen LogP contribution in [0.15, 0.2) is 23.8 Å². The summed E-state index contributed by atoms with van der Waals surface area (Å²) < 4.78 is 5.56. The minimum atomic E-state index is -1.97. The van der Waals surface area contributed by atoms with E-state index in [1.807, 2.05) is 13.8 Å². The Morgan fingerprint density at radius 2 is 2.11 bits per heavy atom. The van der Waals surface area contributed by atoms with Crippen molar-refractivity contribution < 1.29 is 19.4 Å². The van der Waals surface area contributed by atoms with Crippen LogP contribution in [0.2, 0.25) is 0 Å². The molecule has 1 aliphatic heterocycles. The van der Waals surface area contributed by atoms with E-state index >= 15 is 0 Å². The lowest BCUT2D eigenvalue weighted by Crippen LogP contribution is -2.54. The average Bonchev–Trinajstić information content (AvgIpc) is 2.98. The van der Waals surface area contributed by atoms with Crippen LogP contribution in [-0.4, -0.2) is 28.1 Å². The molecule has 96 valence electrons. The minimum absolute atomic E-state index is 0.0742. The van der Waals surface area contributed by atoms with Gasteiger partial charge in [-0.25, -0.2) is 0 Å². The van der Waals surface area contributed by atoms with Crippen LogP contribution in [0.25, 0.3) is 0 Å². The number of rotatable bonds is 1. The molecule has 0 aromatic heterocycles. The zero-order chi connectivity index (χ0) is 13.3. The zero-order valence-corrected chi connectivity index (χ0v) is 10.7. The lowest BCUT2D eigenvalue weighted by atomic mass is 9.77. The molecule has 4 nitrogen and oxygen atoms in total. The summed E-state index contributed by atoms with van der Waals surface area (Å²) in [6, 6.07) is 0. The number of hydrogen-bond acceptors (Lipinski definition) is 4. The monoisotopic (exact) mass is 248 g/mol. The molecule has 2 aliphatic carbocycles. The van der Waals surface area contributed by atoms with Crippen LogP contribution >= 0.6 is 0 Å². The first-order valence-electron chi connectivity index (χ1n) is 6.16. The van der Waals surface area contributed by atoms with Crippen LogP contribution in [0, 0.1) is 11.3 Å². The van der Waals surface area contributed by atoms with E-state index in [0.29, 0.717) is 6.42 Å². The third-order valence-electron chi connectivity index (χ3n) is 4.46. The number of allylic oxidation sites excluding steroid dienone is 3. The van der Waals surface area contributed by atoms with Crippen LogP contribution in [0.1, 0.15) is 27.2 Å². The van der Waals surface area contributed by atoms with Crippen molar-refractivity contribution in [3.8, 4) is 0 Å². The lowest BCUT2D eigenvalue weighted by molar-refractivity contribution is -0.238. The summed E-state index contributed by atoms with van der Waals surface area (Å²) in [5.41, 5.74) is -1.45. The van der Waals surface area contributed by atoms with Gasteiger partial charge in [0.1, 0.15) is 5.41 Å². The summed E-state index contributed by atoms with van der Waals surface area (Å²) in [5, 5.41) is 10.6. The second-order valence-electron chi connectivity index (χ2n) is 5.87. The molecule has 0 radical (unpaired) electrons. The van der Waals surface area contributed by atoms with Gasteiger partial charge < -0.3 is 9.84 Å². The highest BCUT2D eigenvalue weighted by Gasteiger charge is 2.84. The van der Waals surface area contributed by atoms with Crippen LogP contribution in [-0.2, 0) is 14.3 Å². The fourth-order valence-electron chi connectivity index (χ4n) is 3.54. The molecular formula is C14H16O4. The number of hydrogen-bond donors (Lipinski definition) is 1. The van der Waals surface area contributed by atoms with Crippen molar-refractivity contribution in [3.63, 3.8) is 0 Å². The van der Waals surface area contributed by atoms with Gasteiger partial charge in [0.25, 0.3) is 0 Å². The molecule has 3 unspecified atom stereocenters. The summed E-state index contributed by atoms with van der Waals surface area (Å²) in [4.78, 5) is 24.6. The van der Waals surface area contributed by atoms with Crippen molar-refractivity contribution >= 4 is 11.6 Å². The SMILES string of the molecule is CC=CC1=CC(=O)C23CC2C(C)(C)OC3(O)C1=O. The van der Waals surface area contributed by atoms with Crippen molar-refractivity contribution in [3.05, 3.63) is 23.8 Å². The molecule has 3 atom stereocenters. The third kappa shape index (κ3) is 1.04. The van der Waals surface area contributed by atoms with Gasteiger partial charge in [-0.3, -0.25) is 9.59 Å². The van der Waals surface area contributed by atoms with Gasteiger partial charge in [-0.05, 0) is 33.3 Å². The second-order valence-corrected chi connectivity index (χ2v) is 5.87. The summed E-state index contributed by atoms with van der Waals surface area (Å²) in [6.07, 6.45) is 5.09. The Hall–Kier alpha value is -1.26. The van der Waals surface area contributed by atoms with Crippen molar-refractivity contribution in [2.45, 2.75) is 38.6 Å². The third-order valence-corrected chi connectivity index (χ3v) is 4.46. The normalized spacial score (nSPS) is 44.9. The Morgan fingerprint density at radius 1 is 1.44 bits per heavy atom. The molecule has 18 heavy (non-hydrogen) atoms. The van der Waals surface area contributed by atoms with Crippen LogP contribution in [0.3, 0.4) is 0 Å². The zero-order valence-electron chi connectivity index (χ0n) is 10.7. The molecule has 4 heteroatoms. The Balaban J connectivity index is 2.15. The predicted octanol–water partition coefficient (Wildman–Crippen LogP) is 1.14. The highest BCUT2D eigenvalue weighted by molar-refractivity contribution is 6.18. The first-order chi connectivity index (χ1) is 8.29. The molecule has 2 fully saturated rings. The molecule has 3 rings (SSSR count). The number of carbonyl (C=O) groups is 2. The first kappa shape index (κ1) is 11.8. The molecule has 1 spiro atoms. The number of carbonyl (C=O) groups excluding carboxylic acids is 2. The molecule has 3 aliphatic rings. The Morgan fingerprint density at radius 3 is 2.67 bits per heavy atom. The van der Waals surface area contributed by atoms with Crippen LogP contribution in [0.5, 0.6) is 0 Å². The fraction of sp³-hybridized carbons (Fsp3) is 0.571. The smallest absolute Gasteiger partial charge is 0.245 e. The van der Waals surface area contributed by atoms with Crippen molar-refractivity contribution in [2.24, 2.45) is 11.3 Å². The molecule has 1 N–H and O–H groups in total. The quantitative estimate of drug-likeness (QED) is 0.756.